The van der Waals surface area contributed by atoms with Crippen molar-refractivity contribution < 1.29 is 183 Å². The maximum atomic E-state index is 13.8. The third-order valence-electron chi connectivity index (χ3n) is 24.0. The molecule has 5 heterocycles. The average molecular weight is 1820 g/mol. The third kappa shape index (κ3) is 33.9. The predicted octanol–water partition coefficient (Wildman–Crippen LogP) is -0.927. The molecule has 0 bridgehead atoms. The summed E-state index contributed by atoms with van der Waals surface area (Å²) in [4.78, 5) is 92.3. The van der Waals surface area contributed by atoms with Gasteiger partial charge in [-0.25, -0.2) is 14.4 Å². The SMILES string of the molecule is CCCCCCCCC=CCCCCCCCCCCCC(=O)NC(COC1OC(CO)C(OC2OC(CO)C(O)C(OC3(C(=O)O)CC(O)C(NC(C)=O)C(C(O)C(CO)OC4(C(=O)O)CC(O)C(NC(C)=O)C(C(O)C(CO)OC5(C(=O)O)CC(O)C(NC(C)=O)C(C(O)C(O)CO)O5)O4)O3)C2O)C(O)C1O)C(O)CCCCCCCCCCCCCCC. The smallest absolute Gasteiger partial charge is 0.364 e. The molecule has 5 saturated heterocycles. The quantitative estimate of drug-likeness (QED) is 0.0258. The van der Waals surface area contributed by atoms with Crippen LogP contribution in [-0.4, -0.2) is 366 Å². The van der Waals surface area contributed by atoms with Gasteiger partial charge in [-0.1, -0.05) is 187 Å². The molecule has 0 radical (unpaired) electrons. The van der Waals surface area contributed by atoms with Crippen LogP contribution in [0.1, 0.15) is 259 Å². The fourth-order valence-corrected chi connectivity index (χ4v) is 16.8. The number of ether oxygens (including phenoxy) is 10. The summed E-state index contributed by atoms with van der Waals surface area (Å²) in [5.41, 5.74) is 0. The number of carboxylic acids is 3. The molecule has 0 aromatic carbocycles. The van der Waals surface area contributed by atoms with Crippen molar-refractivity contribution in [2.45, 2.75) is 442 Å². The Morgan fingerprint density at radius 3 is 1.18 bits per heavy atom. The van der Waals surface area contributed by atoms with E-state index in [0.29, 0.717) is 12.8 Å². The van der Waals surface area contributed by atoms with Gasteiger partial charge in [0.05, 0.1) is 88.2 Å². The van der Waals surface area contributed by atoms with Crippen molar-refractivity contribution in [3.05, 3.63) is 12.2 Å². The van der Waals surface area contributed by atoms with Gasteiger partial charge < -0.3 is 171 Å². The summed E-state index contributed by atoms with van der Waals surface area (Å²) in [6, 6.07) is -6.94. The van der Waals surface area contributed by atoms with E-state index in [1.807, 2.05) is 0 Å². The lowest BCUT2D eigenvalue weighted by Crippen LogP contribution is -2.72. The first-order chi connectivity index (χ1) is 60.0. The summed E-state index contributed by atoms with van der Waals surface area (Å²) in [7, 11) is 0. The molecule has 4 amide bonds. The van der Waals surface area contributed by atoms with Crippen LogP contribution in [0.15, 0.2) is 12.2 Å². The van der Waals surface area contributed by atoms with Crippen LogP contribution < -0.4 is 21.3 Å². The van der Waals surface area contributed by atoms with Crippen molar-refractivity contribution in [3.8, 4) is 0 Å². The molecule has 5 aliphatic heterocycles. The lowest BCUT2D eigenvalue weighted by Gasteiger charge is -2.51. The van der Waals surface area contributed by atoms with E-state index in [0.717, 1.165) is 104 Å². The van der Waals surface area contributed by atoms with Crippen LogP contribution in [-0.2, 0) is 80.9 Å². The molecular weight excluding hydrogens is 1670 g/mol. The molecule has 30 unspecified atom stereocenters. The fourth-order valence-electron chi connectivity index (χ4n) is 16.8. The summed E-state index contributed by atoms with van der Waals surface area (Å²) in [5.74, 6) is -20.5. The Morgan fingerprint density at radius 1 is 0.421 bits per heavy atom. The molecule has 41 heteroatoms. The number of allylic oxidation sites excluding steroid dienone is 2. The molecule has 0 aromatic heterocycles. The summed E-state index contributed by atoms with van der Waals surface area (Å²) in [6.07, 6.45) is -17.5. The van der Waals surface area contributed by atoms with Crippen LogP contribution in [0.25, 0.3) is 0 Å². The van der Waals surface area contributed by atoms with Gasteiger partial charge >= 0.3 is 17.9 Å². The lowest BCUT2D eigenvalue weighted by atomic mass is 9.86. The molecule has 126 heavy (non-hydrogen) atoms. The minimum Gasteiger partial charge on any atom is -0.477 e. The molecule has 30 atom stereocenters. The highest BCUT2D eigenvalue weighted by Crippen LogP contribution is 2.43. The minimum atomic E-state index is -3.57. The van der Waals surface area contributed by atoms with Crippen LogP contribution in [0.2, 0.25) is 0 Å². The number of hydrogen-bond donors (Lipinski definition) is 24. The maximum absolute atomic E-state index is 13.8. The highest BCUT2D eigenvalue weighted by Gasteiger charge is 2.64. The summed E-state index contributed by atoms with van der Waals surface area (Å²) < 4.78 is 58.3. The van der Waals surface area contributed by atoms with E-state index in [1.165, 1.54) is 96.3 Å². The van der Waals surface area contributed by atoms with Crippen LogP contribution in [0, 0.1) is 0 Å². The second-order valence-corrected chi connectivity index (χ2v) is 34.3. The van der Waals surface area contributed by atoms with Gasteiger partial charge in [0.2, 0.25) is 23.6 Å². The Hall–Kier alpha value is -5.05. The number of rotatable bonds is 63. The molecule has 41 nitrogen and oxygen atoms in total. The van der Waals surface area contributed by atoms with Gasteiger partial charge in [0.15, 0.2) is 12.6 Å². The highest BCUT2D eigenvalue weighted by atomic mass is 16.8. The number of unbranched alkanes of at least 4 members (excludes halogenated alkanes) is 27. The molecular formula is C85H150N4O37. The third-order valence-corrected chi connectivity index (χ3v) is 24.0. The van der Waals surface area contributed by atoms with Gasteiger partial charge in [-0.2, -0.15) is 0 Å². The fraction of sp³-hybridized carbons (Fsp3) is 0.894. The van der Waals surface area contributed by atoms with Crippen molar-refractivity contribution in [2.24, 2.45) is 0 Å². The number of aliphatic carboxylic acids is 3. The van der Waals surface area contributed by atoms with E-state index in [1.54, 1.807) is 0 Å². The number of amides is 4. The highest BCUT2D eigenvalue weighted by molar-refractivity contribution is 5.79. The van der Waals surface area contributed by atoms with Crippen LogP contribution in [0.5, 0.6) is 0 Å². The maximum Gasteiger partial charge on any atom is 0.364 e. The topological polar surface area (TPSA) is 665 Å². The van der Waals surface area contributed by atoms with Crippen LogP contribution in [0.3, 0.4) is 0 Å². The summed E-state index contributed by atoms with van der Waals surface area (Å²) >= 11 is 0. The molecule has 5 fully saturated rings. The second kappa shape index (κ2) is 57.4. The van der Waals surface area contributed by atoms with Gasteiger partial charge in [-0.15, -0.1) is 0 Å². The zero-order valence-corrected chi connectivity index (χ0v) is 73.6. The van der Waals surface area contributed by atoms with Gasteiger partial charge in [-0.05, 0) is 38.5 Å². The summed E-state index contributed by atoms with van der Waals surface area (Å²) in [6.45, 7) is 0.00349. The van der Waals surface area contributed by atoms with Crippen molar-refractivity contribution in [2.75, 3.05) is 39.6 Å². The first-order valence-electron chi connectivity index (χ1n) is 45.3. The standard InChI is InChI=1S/C85H150N4O37/c1-6-8-10-12-14-16-18-20-21-22-23-24-25-27-29-31-33-35-37-39-62(103)89-52(53(98)38-36-34-32-30-28-26-19-17-15-13-11-9-7-2)48-117-78-71(109)70(108)73(61(47-94)119-78)120-79-72(110)77(67(105)58(44-91)118-79)126-85(82(115)116)42-56(101)65(88-51(5)97)76(125-85)69(107)60(46-93)122-84(81(113)114)41-55(100)64(87-50(4)96)75(124-84)68(106)59(45-92)121-83(80(111)112)40-54(99)63(86-49(3)95)74(123-83)66(104)57(102)43-90/h20-21,52-61,63-79,90-94,98-102,104-110H,6-19,22-48H2,1-5H3,(H,86,95)(H,87,96)(H,88,97)(H,89,103)(H,111,112)(H,113,114)(H,115,116). The first-order valence-corrected chi connectivity index (χ1v) is 45.3. The Kier molecular flexibility index (Phi) is 50.8. The Labute approximate surface area is 736 Å². The summed E-state index contributed by atoms with van der Waals surface area (Å²) in [5, 5.41) is 235. The number of carbonyl (C=O) groups excluding carboxylic acids is 4. The van der Waals surface area contributed by atoms with Crippen molar-refractivity contribution >= 4 is 41.5 Å². The first kappa shape index (κ1) is 111. The monoisotopic (exact) mass is 1820 g/mol. The minimum absolute atomic E-state index is 0.141. The Balaban J connectivity index is 1.33. The molecule has 0 saturated carbocycles. The number of hydrogen-bond acceptors (Lipinski definition) is 34. The number of carboxylic acid groups (broad SMARTS) is 3. The van der Waals surface area contributed by atoms with Gasteiger partial charge in [0.25, 0.3) is 17.4 Å². The van der Waals surface area contributed by atoms with E-state index in [2.05, 4.69) is 47.3 Å². The second-order valence-electron chi connectivity index (χ2n) is 34.3. The zero-order valence-electron chi connectivity index (χ0n) is 73.6. The zero-order chi connectivity index (χ0) is 93.4. The predicted molar refractivity (Wildman–Crippen MR) is 443 cm³/mol. The largest absolute Gasteiger partial charge is 0.477 e. The molecule has 0 aromatic rings. The number of aliphatic hydroxyl groups excluding tert-OH is 17. The van der Waals surface area contributed by atoms with Gasteiger partial charge in [0, 0.05) is 46.5 Å². The molecule has 24 N–H and O–H groups in total. The normalized spacial score (nSPS) is 32.1. The van der Waals surface area contributed by atoms with Crippen molar-refractivity contribution in [1.29, 1.82) is 0 Å². The van der Waals surface area contributed by atoms with Crippen LogP contribution >= 0.6 is 0 Å². The van der Waals surface area contributed by atoms with E-state index in [4.69, 9.17) is 47.4 Å². The average Bonchev–Trinajstić information content (AvgIpc) is 0.749. The van der Waals surface area contributed by atoms with E-state index >= 15 is 0 Å². The van der Waals surface area contributed by atoms with Crippen molar-refractivity contribution in [3.63, 3.8) is 0 Å². The Bertz CT molecular complexity index is 3180. The van der Waals surface area contributed by atoms with E-state index in [-0.39, 0.29) is 18.7 Å². The molecule has 0 aliphatic carbocycles. The van der Waals surface area contributed by atoms with Gasteiger partial charge in [0.1, 0.15) is 104 Å². The van der Waals surface area contributed by atoms with E-state index < -0.39 is 277 Å². The molecule has 732 valence electrons. The van der Waals surface area contributed by atoms with Crippen LogP contribution in [0.4, 0.5) is 0 Å². The molecule has 5 aliphatic rings. The Morgan fingerprint density at radius 2 is 0.794 bits per heavy atom. The van der Waals surface area contributed by atoms with Crippen molar-refractivity contribution in [1.82, 2.24) is 21.3 Å². The number of carbonyl (C=O) groups is 7. The van der Waals surface area contributed by atoms with E-state index in [9.17, 15) is 136 Å². The number of aliphatic hydroxyl groups is 17. The molecule has 5 rings (SSSR count). The van der Waals surface area contributed by atoms with Gasteiger partial charge in [-0.3, -0.25) is 19.2 Å². The number of nitrogens with one attached hydrogen (secondary N) is 4. The lowest BCUT2D eigenvalue weighted by molar-refractivity contribution is -0.388. The molecule has 0 spiro atoms.